The fourth-order valence-corrected chi connectivity index (χ4v) is 1.89. The van der Waals surface area contributed by atoms with Crippen LogP contribution in [0, 0.1) is 6.92 Å². The minimum Gasteiger partial charge on any atom is -0.461 e. The monoisotopic (exact) mass is 275 g/mol. The highest BCUT2D eigenvalue weighted by atomic mass is 16.5. The number of nitrogens with two attached hydrogens (primary N) is 1. The van der Waals surface area contributed by atoms with E-state index in [9.17, 15) is 4.79 Å². The van der Waals surface area contributed by atoms with E-state index in [-0.39, 0.29) is 0 Å². The molecule has 0 unspecified atom stereocenters. The number of nitrogens with zero attached hydrogens (tertiary/aromatic N) is 2. The van der Waals surface area contributed by atoms with E-state index in [1.807, 2.05) is 32.9 Å². The van der Waals surface area contributed by atoms with Gasteiger partial charge in [0.2, 0.25) is 0 Å². The van der Waals surface area contributed by atoms with Crippen LogP contribution in [0.4, 0.5) is 0 Å². The molecule has 2 aromatic rings. The minimum atomic E-state index is -0.410. The number of esters is 1. The smallest absolute Gasteiger partial charge is 0.357 e. The lowest BCUT2D eigenvalue weighted by molar-refractivity contribution is 0.0515. The summed E-state index contributed by atoms with van der Waals surface area (Å²) < 4.78 is 6.28. The van der Waals surface area contributed by atoms with Gasteiger partial charge in [-0.05, 0) is 25.5 Å². The van der Waals surface area contributed by atoms with Crippen LogP contribution in [0.5, 0.6) is 0 Å². The number of aromatic nitrogens is 2. The first-order valence-corrected chi connectivity index (χ1v) is 6.69. The van der Waals surface area contributed by atoms with Crippen LogP contribution in [-0.2, 0) is 4.74 Å². The van der Waals surface area contributed by atoms with Gasteiger partial charge >= 0.3 is 5.97 Å². The van der Waals surface area contributed by atoms with Crippen LogP contribution in [0.3, 0.4) is 0 Å². The molecule has 0 aliphatic heterocycles. The number of nitrogen functional groups attached to an aromatic ring is 1. The molecule has 5 heteroatoms. The fraction of sp³-hybridized carbons (Fsp3) is 0.333. The highest BCUT2D eigenvalue weighted by Gasteiger charge is 2.19. The van der Waals surface area contributed by atoms with E-state index in [0.29, 0.717) is 12.3 Å². The van der Waals surface area contributed by atoms with Crippen LogP contribution < -0.4 is 5.84 Å². The lowest BCUT2D eigenvalue weighted by atomic mass is 10.1. The number of pyridine rings is 1. The average Bonchev–Trinajstić information content (AvgIpc) is 2.77. The van der Waals surface area contributed by atoms with E-state index < -0.39 is 5.97 Å². The maximum absolute atomic E-state index is 11.8. The predicted octanol–water partition coefficient (Wildman–Crippen LogP) is 2.78. The SMILES string of the molecule is CC.CCOC(=O)c1c(C)c(-c2cccnc2)cn1N. The molecule has 0 aliphatic rings. The summed E-state index contributed by atoms with van der Waals surface area (Å²) in [5, 5.41) is 0. The van der Waals surface area contributed by atoms with Crippen LogP contribution in [0.2, 0.25) is 0 Å². The number of rotatable bonds is 3. The molecule has 108 valence electrons. The highest BCUT2D eigenvalue weighted by molar-refractivity contribution is 5.92. The van der Waals surface area contributed by atoms with Gasteiger partial charge in [0.1, 0.15) is 0 Å². The van der Waals surface area contributed by atoms with Gasteiger partial charge < -0.3 is 10.6 Å². The number of hydrogen-bond donors (Lipinski definition) is 1. The van der Waals surface area contributed by atoms with Crippen molar-refractivity contribution in [2.24, 2.45) is 0 Å². The van der Waals surface area contributed by atoms with Crippen molar-refractivity contribution >= 4 is 5.97 Å². The molecule has 0 saturated carbocycles. The zero-order valence-electron chi connectivity index (χ0n) is 12.4. The summed E-state index contributed by atoms with van der Waals surface area (Å²) in [7, 11) is 0. The molecule has 0 bridgehead atoms. The summed E-state index contributed by atoms with van der Waals surface area (Å²) in [5.74, 6) is 5.40. The zero-order valence-corrected chi connectivity index (χ0v) is 12.4. The first kappa shape index (κ1) is 15.8. The Bertz CT molecular complexity index is 562. The summed E-state index contributed by atoms with van der Waals surface area (Å²) in [6.45, 7) is 7.93. The number of ether oxygens (including phenoxy) is 1. The van der Waals surface area contributed by atoms with Gasteiger partial charge in [0.05, 0.1) is 6.61 Å². The molecule has 0 amide bonds. The molecular weight excluding hydrogens is 254 g/mol. The van der Waals surface area contributed by atoms with E-state index >= 15 is 0 Å². The number of hydrogen-bond acceptors (Lipinski definition) is 4. The fourth-order valence-electron chi connectivity index (χ4n) is 1.89. The maximum atomic E-state index is 11.8. The van der Waals surface area contributed by atoms with Gasteiger partial charge in [0.25, 0.3) is 0 Å². The predicted molar refractivity (Wildman–Crippen MR) is 79.9 cm³/mol. The van der Waals surface area contributed by atoms with Crippen LogP contribution in [-0.4, -0.2) is 22.2 Å². The van der Waals surface area contributed by atoms with Crippen molar-refractivity contribution in [2.45, 2.75) is 27.7 Å². The van der Waals surface area contributed by atoms with Crippen molar-refractivity contribution in [2.75, 3.05) is 12.4 Å². The third-order valence-electron chi connectivity index (χ3n) is 2.73. The molecule has 2 heterocycles. The number of carbonyl (C=O) groups is 1. The third-order valence-corrected chi connectivity index (χ3v) is 2.73. The van der Waals surface area contributed by atoms with Crippen LogP contribution in [0.25, 0.3) is 11.1 Å². The lowest BCUT2D eigenvalue weighted by Gasteiger charge is -2.04. The van der Waals surface area contributed by atoms with Gasteiger partial charge in [-0.2, -0.15) is 0 Å². The van der Waals surface area contributed by atoms with E-state index in [1.54, 1.807) is 25.5 Å². The first-order chi connectivity index (χ1) is 9.65. The Morgan fingerprint density at radius 3 is 2.70 bits per heavy atom. The molecule has 0 fully saturated rings. The molecule has 0 aromatic carbocycles. The molecule has 0 radical (unpaired) electrons. The molecular formula is C15H21N3O2. The molecule has 2 N–H and O–H groups in total. The summed E-state index contributed by atoms with van der Waals surface area (Å²) in [4.78, 5) is 15.8. The van der Waals surface area contributed by atoms with Gasteiger partial charge in [0, 0.05) is 29.7 Å². The lowest BCUT2D eigenvalue weighted by Crippen LogP contribution is -2.18. The quantitative estimate of drug-likeness (QED) is 0.690. The normalized spacial score (nSPS) is 9.60. The Hall–Kier alpha value is -2.30. The third kappa shape index (κ3) is 3.17. The average molecular weight is 275 g/mol. The van der Waals surface area contributed by atoms with Gasteiger partial charge in [-0.1, -0.05) is 19.9 Å². The molecule has 2 aromatic heterocycles. The molecule has 5 nitrogen and oxygen atoms in total. The first-order valence-electron chi connectivity index (χ1n) is 6.69. The van der Waals surface area contributed by atoms with Crippen molar-refractivity contribution in [3.8, 4) is 11.1 Å². The van der Waals surface area contributed by atoms with E-state index in [4.69, 9.17) is 10.6 Å². The van der Waals surface area contributed by atoms with Gasteiger partial charge in [-0.3, -0.25) is 9.66 Å². The highest BCUT2D eigenvalue weighted by Crippen LogP contribution is 2.26. The minimum absolute atomic E-state index is 0.325. The van der Waals surface area contributed by atoms with Crippen molar-refractivity contribution in [3.05, 3.63) is 42.0 Å². The summed E-state index contributed by atoms with van der Waals surface area (Å²) >= 11 is 0. The van der Waals surface area contributed by atoms with Crippen molar-refractivity contribution < 1.29 is 9.53 Å². The van der Waals surface area contributed by atoms with Crippen molar-refractivity contribution in [1.29, 1.82) is 0 Å². The van der Waals surface area contributed by atoms with E-state index in [1.165, 1.54) is 4.68 Å². The van der Waals surface area contributed by atoms with E-state index in [0.717, 1.165) is 16.7 Å². The molecule has 20 heavy (non-hydrogen) atoms. The Morgan fingerprint density at radius 2 is 2.15 bits per heavy atom. The molecule has 0 spiro atoms. The van der Waals surface area contributed by atoms with Crippen LogP contribution in [0.15, 0.2) is 30.7 Å². The summed E-state index contributed by atoms with van der Waals surface area (Å²) in [6.07, 6.45) is 5.14. The molecule has 0 aliphatic carbocycles. The van der Waals surface area contributed by atoms with Gasteiger partial charge in [-0.15, -0.1) is 0 Å². The van der Waals surface area contributed by atoms with Crippen LogP contribution in [0.1, 0.15) is 36.8 Å². The Balaban J connectivity index is 0.000000956. The van der Waals surface area contributed by atoms with Crippen molar-refractivity contribution in [1.82, 2.24) is 9.66 Å². The standard InChI is InChI=1S/C13H15N3O2.C2H6/c1-3-18-13(17)12-9(2)11(8-16(12)14)10-5-4-6-15-7-10;1-2/h4-8H,3,14H2,1-2H3;1-2H3. The summed E-state index contributed by atoms with van der Waals surface area (Å²) in [6, 6.07) is 3.76. The second-order valence-corrected chi connectivity index (χ2v) is 3.89. The number of carbonyl (C=O) groups excluding carboxylic acids is 1. The second-order valence-electron chi connectivity index (χ2n) is 3.89. The second kappa shape index (κ2) is 7.33. The Kier molecular flexibility index (Phi) is 5.77. The molecule has 2 rings (SSSR count). The van der Waals surface area contributed by atoms with Gasteiger partial charge in [-0.25, -0.2) is 4.79 Å². The largest absolute Gasteiger partial charge is 0.461 e. The Morgan fingerprint density at radius 1 is 1.45 bits per heavy atom. The van der Waals surface area contributed by atoms with Gasteiger partial charge in [0.15, 0.2) is 5.69 Å². The maximum Gasteiger partial charge on any atom is 0.357 e. The zero-order chi connectivity index (χ0) is 15.1. The molecule has 0 saturated heterocycles. The summed E-state index contributed by atoms with van der Waals surface area (Å²) in [5.41, 5.74) is 2.97. The Labute approximate surface area is 119 Å². The van der Waals surface area contributed by atoms with Crippen LogP contribution >= 0.6 is 0 Å². The van der Waals surface area contributed by atoms with Crippen molar-refractivity contribution in [3.63, 3.8) is 0 Å². The van der Waals surface area contributed by atoms with E-state index in [2.05, 4.69) is 4.98 Å². The topological polar surface area (TPSA) is 70.1 Å². The molecule has 0 atom stereocenters.